The molecule has 86 valence electrons. The number of hydrogen-bond donors (Lipinski definition) is 1. The van der Waals surface area contributed by atoms with Crippen molar-refractivity contribution < 1.29 is 13.6 Å². The molecule has 14 heavy (non-hydrogen) atoms. The maximum atomic E-state index is 12.1. The molecule has 0 heterocycles. The van der Waals surface area contributed by atoms with Crippen LogP contribution in [-0.2, 0) is 13.6 Å². The molecule has 0 aliphatic carbocycles. The third-order valence-electron chi connectivity index (χ3n) is 1.25. The quantitative estimate of drug-likeness (QED) is 0.702. The summed E-state index contributed by atoms with van der Waals surface area (Å²) in [6, 6.07) is -0.182. The van der Waals surface area contributed by atoms with Crippen molar-refractivity contribution >= 4 is 7.60 Å². The van der Waals surface area contributed by atoms with Crippen LogP contribution >= 0.6 is 7.60 Å². The smallest absolute Gasteiger partial charge is 0.327 e. The Bertz CT molecular complexity index is 171. The fraction of sp³-hybridized carbons (Fsp3) is 1.00. The summed E-state index contributed by atoms with van der Waals surface area (Å²) < 4.78 is 22.7. The van der Waals surface area contributed by atoms with Crippen LogP contribution in [0.1, 0.15) is 34.6 Å². The first-order chi connectivity index (χ1) is 6.25. The molecule has 0 unspecified atom stereocenters. The maximum absolute atomic E-state index is 12.1. The Kier molecular flexibility index (Phi) is 5.91. The van der Waals surface area contributed by atoms with Crippen LogP contribution in [0, 0.1) is 0 Å². The van der Waals surface area contributed by atoms with Gasteiger partial charge in [-0.1, -0.05) is 0 Å². The van der Waals surface area contributed by atoms with Crippen LogP contribution in [0.5, 0.6) is 0 Å². The fourth-order valence-corrected chi connectivity index (χ4v) is 3.32. The van der Waals surface area contributed by atoms with Gasteiger partial charge in [0, 0.05) is 6.04 Å². The van der Waals surface area contributed by atoms with E-state index < -0.39 is 7.60 Å². The van der Waals surface area contributed by atoms with Crippen molar-refractivity contribution in [1.82, 2.24) is 0 Å². The van der Waals surface area contributed by atoms with Gasteiger partial charge in [0.05, 0.1) is 18.4 Å². The molecule has 4 nitrogen and oxygen atoms in total. The highest BCUT2D eigenvalue weighted by atomic mass is 31.2. The minimum atomic E-state index is -3.01. The molecule has 2 N–H and O–H groups in total. The van der Waals surface area contributed by atoms with Crippen molar-refractivity contribution in [3.05, 3.63) is 0 Å². The van der Waals surface area contributed by atoms with Crippen molar-refractivity contribution in [2.45, 2.75) is 52.9 Å². The third-order valence-corrected chi connectivity index (χ3v) is 3.76. The molecule has 0 radical (unpaired) electrons. The van der Waals surface area contributed by atoms with E-state index in [4.69, 9.17) is 14.8 Å². The maximum Gasteiger partial charge on any atom is 0.332 e. The molecule has 1 atom stereocenters. The van der Waals surface area contributed by atoms with Gasteiger partial charge in [-0.2, -0.15) is 0 Å². The van der Waals surface area contributed by atoms with Crippen LogP contribution in [0.3, 0.4) is 0 Å². The number of nitrogens with two attached hydrogens (primary N) is 1. The Labute approximate surface area is 86.7 Å². The molecule has 0 aliphatic rings. The molecule has 0 aromatic carbocycles. The summed E-state index contributed by atoms with van der Waals surface area (Å²) in [6.45, 7) is 9.12. The second kappa shape index (κ2) is 5.86. The molecule has 0 saturated heterocycles. The van der Waals surface area contributed by atoms with Crippen LogP contribution in [0.4, 0.5) is 0 Å². The molecule has 0 amide bonds. The minimum Gasteiger partial charge on any atom is -0.327 e. The minimum absolute atomic E-state index is 0.113. The molecule has 0 saturated carbocycles. The Morgan fingerprint density at radius 2 is 1.43 bits per heavy atom. The normalized spacial score (nSPS) is 15.1. The largest absolute Gasteiger partial charge is 0.332 e. The summed E-state index contributed by atoms with van der Waals surface area (Å²) in [6.07, 6.45) is 0.0419. The van der Waals surface area contributed by atoms with Crippen molar-refractivity contribution in [1.29, 1.82) is 0 Å². The van der Waals surface area contributed by atoms with Gasteiger partial charge in [0.25, 0.3) is 0 Å². The van der Waals surface area contributed by atoms with Crippen molar-refractivity contribution in [2.24, 2.45) is 5.73 Å². The molecule has 0 aromatic heterocycles. The summed E-state index contributed by atoms with van der Waals surface area (Å²) in [7, 11) is -3.01. The zero-order valence-electron chi connectivity index (χ0n) is 9.69. The van der Waals surface area contributed by atoms with Gasteiger partial charge in [-0.15, -0.1) is 0 Å². The zero-order chi connectivity index (χ0) is 11.4. The fourth-order valence-electron chi connectivity index (χ4n) is 1.11. The zero-order valence-corrected chi connectivity index (χ0v) is 10.6. The predicted octanol–water partition coefficient (Wildman–Crippen LogP) is 2.38. The highest BCUT2D eigenvalue weighted by Crippen LogP contribution is 2.50. The van der Waals surface area contributed by atoms with E-state index in [1.54, 1.807) is 6.92 Å². The highest BCUT2D eigenvalue weighted by Gasteiger charge is 2.28. The van der Waals surface area contributed by atoms with E-state index in [2.05, 4.69) is 0 Å². The molecule has 5 heteroatoms. The average Bonchev–Trinajstić information content (AvgIpc) is 1.76. The van der Waals surface area contributed by atoms with E-state index in [0.29, 0.717) is 0 Å². The summed E-state index contributed by atoms with van der Waals surface area (Å²) in [5, 5.41) is 0. The van der Waals surface area contributed by atoms with Gasteiger partial charge in [0.15, 0.2) is 0 Å². The van der Waals surface area contributed by atoms with Crippen LogP contribution < -0.4 is 5.73 Å². The molecule has 0 bridgehead atoms. The lowest BCUT2D eigenvalue weighted by atomic mass is 10.4. The molecule has 0 spiro atoms. The standard InChI is InChI=1S/C9H22NO3P/c1-7(2)12-14(11,6-9(5)10)13-8(3)4/h7-9H,6,10H2,1-5H3/t9-/m0/s1. The van der Waals surface area contributed by atoms with Crippen LogP contribution in [0.15, 0.2) is 0 Å². The van der Waals surface area contributed by atoms with Crippen LogP contribution in [-0.4, -0.2) is 24.4 Å². The topological polar surface area (TPSA) is 61.5 Å². The van der Waals surface area contributed by atoms with E-state index in [9.17, 15) is 4.57 Å². The second-order valence-electron chi connectivity index (χ2n) is 4.08. The summed E-state index contributed by atoms with van der Waals surface area (Å²) in [5.74, 6) is 0. The number of hydrogen-bond acceptors (Lipinski definition) is 4. The van der Waals surface area contributed by atoms with Gasteiger partial charge in [-0.25, -0.2) is 0 Å². The van der Waals surface area contributed by atoms with Gasteiger partial charge in [-0.3, -0.25) is 4.57 Å². The summed E-state index contributed by atoms with van der Waals surface area (Å²) in [5.41, 5.74) is 5.60. The predicted molar refractivity (Wildman–Crippen MR) is 58.6 cm³/mol. The van der Waals surface area contributed by atoms with E-state index in [1.165, 1.54) is 0 Å². The lowest BCUT2D eigenvalue weighted by molar-refractivity contribution is 0.142. The van der Waals surface area contributed by atoms with E-state index in [1.807, 2.05) is 27.7 Å². The number of rotatable bonds is 6. The molecular weight excluding hydrogens is 201 g/mol. The third kappa shape index (κ3) is 6.55. The van der Waals surface area contributed by atoms with Gasteiger partial charge < -0.3 is 14.8 Å². The monoisotopic (exact) mass is 223 g/mol. The van der Waals surface area contributed by atoms with E-state index >= 15 is 0 Å². The Morgan fingerprint density at radius 1 is 1.07 bits per heavy atom. The van der Waals surface area contributed by atoms with E-state index in [-0.39, 0.29) is 24.4 Å². The van der Waals surface area contributed by atoms with Crippen LogP contribution in [0.25, 0.3) is 0 Å². The first-order valence-corrected chi connectivity index (χ1v) is 6.69. The molecule has 0 aliphatic heterocycles. The molecule has 0 rings (SSSR count). The molecule has 0 aromatic rings. The molecular formula is C9H22NO3P. The average molecular weight is 223 g/mol. The van der Waals surface area contributed by atoms with Crippen molar-refractivity contribution in [2.75, 3.05) is 6.16 Å². The Hall–Kier alpha value is 0.110. The van der Waals surface area contributed by atoms with Crippen LogP contribution in [0.2, 0.25) is 0 Å². The van der Waals surface area contributed by atoms with Gasteiger partial charge >= 0.3 is 7.60 Å². The summed E-state index contributed by atoms with van der Waals surface area (Å²) in [4.78, 5) is 0. The lowest BCUT2D eigenvalue weighted by Crippen LogP contribution is -2.23. The first-order valence-electron chi connectivity index (χ1n) is 4.96. The highest BCUT2D eigenvalue weighted by molar-refractivity contribution is 7.53. The molecule has 0 fully saturated rings. The second-order valence-corrected chi connectivity index (χ2v) is 6.09. The van der Waals surface area contributed by atoms with Gasteiger partial charge in [0.1, 0.15) is 0 Å². The van der Waals surface area contributed by atoms with Gasteiger partial charge in [-0.05, 0) is 34.6 Å². The lowest BCUT2D eigenvalue weighted by Gasteiger charge is -2.23. The Morgan fingerprint density at radius 3 is 1.64 bits per heavy atom. The van der Waals surface area contributed by atoms with Crippen molar-refractivity contribution in [3.63, 3.8) is 0 Å². The van der Waals surface area contributed by atoms with Gasteiger partial charge in [0.2, 0.25) is 0 Å². The Balaban J connectivity index is 4.41. The SMILES string of the molecule is CC(C)OP(=O)(C[C@H](C)N)OC(C)C. The van der Waals surface area contributed by atoms with E-state index in [0.717, 1.165) is 0 Å². The summed E-state index contributed by atoms with van der Waals surface area (Å²) >= 11 is 0. The first kappa shape index (κ1) is 14.1. The van der Waals surface area contributed by atoms with Crippen molar-refractivity contribution in [3.8, 4) is 0 Å².